The molecule has 3 heterocycles. The van der Waals surface area contributed by atoms with Gasteiger partial charge in [-0.3, -0.25) is 0 Å². The Kier molecular flexibility index (Phi) is 10.7. The highest BCUT2D eigenvalue weighted by molar-refractivity contribution is 7.90. The molecule has 262 valence electrons. The second-order valence-electron chi connectivity index (χ2n) is 13.9. The molecule has 1 aliphatic rings. The van der Waals surface area contributed by atoms with Crippen LogP contribution in [0, 0.1) is 30.0 Å². The van der Waals surface area contributed by atoms with Gasteiger partial charge >= 0.3 is 0 Å². The maximum atomic E-state index is 17.1. The third kappa shape index (κ3) is 6.90. The van der Waals surface area contributed by atoms with Gasteiger partial charge in [0.2, 0.25) is 15.0 Å². The summed E-state index contributed by atoms with van der Waals surface area (Å²) in [6, 6.07) is 6.32. The minimum atomic E-state index is -3.90. The number of hydrogen-bond acceptors (Lipinski definition) is 8. The summed E-state index contributed by atoms with van der Waals surface area (Å²) >= 11 is 0. The lowest BCUT2D eigenvalue weighted by atomic mass is 9.95. The molecular weight excluding hydrogens is 663 g/mol. The van der Waals surface area contributed by atoms with Crippen LogP contribution in [0.15, 0.2) is 29.4 Å². The quantitative estimate of drug-likeness (QED) is 0.0741. The van der Waals surface area contributed by atoms with E-state index in [1.54, 1.807) is 25.1 Å². The molecule has 1 aliphatic heterocycles. The van der Waals surface area contributed by atoms with Gasteiger partial charge in [0.05, 0.1) is 16.6 Å². The lowest BCUT2D eigenvalue weighted by molar-refractivity contribution is 0.0512. The highest BCUT2D eigenvalue weighted by Gasteiger charge is 2.42. The summed E-state index contributed by atoms with van der Waals surface area (Å²) in [5.41, 5.74) is 5.09. The third-order valence-electron chi connectivity index (χ3n) is 9.82. The zero-order valence-electron chi connectivity index (χ0n) is 29.9. The first kappa shape index (κ1) is 36.6. The Hall–Kier alpha value is -3.66. The Morgan fingerprint density at radius 3 is 2.18 bits per heavy atom. The van der Waals surface area contributed by atoms with Crippen molar-refractivity contribution in [3.05, 3.63) is 47.2 Å². The Labute approximate surface area is 289 Å². The molecule has 0 amide bonds. The molecule has 1 fully saturated rings. The van der Waals surface area contributed by atoms with Crippen LogP contribution in [0.3, 0.4) is 0 Å². The molecule has 0 saturated carbocycles. The van der Waals surface area contributed by atoms with Gasteiger partial charge in [-0.05, 0) is 66.4 Å². The second kappa shape index (κ2) is 14.3. The van der Waals surface area contributed by atoms with Crippen LogP contribution >= 0.6 is 0 Å². The average Bonchev–Trinajstić information content (AvgIpc) is 3.05. The molecule has 1 saturated heterocycles. The number of aromatic nitrogens is 3. The van der Waals surface area contributed by atoms with Crippen molar-refractivity contribution in [3.63, 3.8) is 0 Å². The van der Waals surface area contributed by atoms with Crippen LogP contribution in [0.4, 0.5) is 14.6 Å². The molecule has 0 unspecified atom stereocenters. The summed E-state index contributed by atoms with van der Waals surface area (Å²) in [4.78, 5) is 15.5. The first-order valence-electron chi connectivity index (χ1n) is 16.9. The van der Waals surface area contributed by atoms with E-state index >= 15 is 8.78 Å². The Balaban J connectivity index is 1.89. The van der Waals surface area contributed by atoms with Crippen LogP contribution in [0.2, 0.25) is 16.6 Å². The van der Waals surface area contributed by atoms with Crippen LogP contribution in [0.1, 0.15) is 72.1 Å². The highest BCUT2D eigenvalue weighted by Crippen LogP contribution is 2.43. The number of rotatable bonds is 9. The Bertz CT molecular complexity index is 2050. The van der Waals surface area contributed by atoms with E-state index in [1.807, 2.05) is 4.90 Å². The van der Waals surface area contributed by atoms with E-state index in [0.29, 0.717) is 63.1 Å². The number of ether oxygens (including phenoxy) is 2. The van der Waals surface area contributed by atoms with Crippen LogP contribution in [0.25, 0.3) is 32.9 Å². The fraction of sp³-hybridized carbons (Fsp3) is 0.486. The van der Waals surface area contributed by atoms with Gasteiger partial charge in [-0.1, -0.05) is 53.5 Å². The minimum Gasteiger partial charge on any atom is -0.468 e. The van der Waals surface area contributed by atoms with Crippen LogP contribution in [-0.2, 0) is 14.6 Å². The van der Waals surface area contributed by atoms with E-state index in [9.17, 15) is 8.42 Å². The molecule has 0 radical (unpaired) electrons. The SMILES string of the molecule is COCOc1cc(-c2nc(C)c3c(N4CCCCC4)nc(S(C)(=O)=O)nc3c2F)c2c(C#C[Si](C(C)C)(C(C)C)C(C)C)c(F)ccc2c1. The summed E-state index contributed by atoms with van der Waals surface area (Å²) in [6.07, 6.45) is 3.85. The monoisotopic (exact) mass is 708 g/mol. The number of fused-ring (bicyclic) bond motifs is 2. The number of pyridine rings is 1. The van der Waals surface area contributed by atoms with Crippen molar-refractivity contribution >= 4 is 45.4 Å². The number of benzene rings is 2. The van der Waals surface area contributed by atoms with Gasteiger partial charge in [0.1, 0.15) is 36.7 Å². The molecule has 8 nitrogen and oxygen atoms in total. The van der Waals surface area contributed by atoms with E-state index < -0.39 is 34.7 Å². The van der Waals surface area contributed by atoms with Crippen molar-refractivity contribution in [2.24, 2.45) is 0 Å². The molecule has 0 spiro atoms. The van der Waals surface area contributed by atoms with Gasteiger partial charge in [0.15, 0.2) is 12.6 Å². The Morgan fingerprint density at radius 2 is 1.59 bits per heavy atom. The van der Waals surface area contributed by atoms with Crippen LogP contribution in [-0.4, -0.2) is 64.7 Å². The molecule has 0 bridgehead atoms. The minimum absolute atomic E-state index is 0.0686. The van der Waals surface area contributed by atoms with Gasteiger partial charge in [-0.25, -0.2) is 32.2 Å². The Morgan fingerprint density at radius 1 is 0.939 bits per heavy atom. The van der Waals surface area contributed by atoms with Crippen molar-refractivity contribution in [1.82, 2.24) is 15.0 Å². The van der Waals surface area contributed by atoms with E-state index in [0.717, 1.165) is 25.5 Å². The zero-order chi connectivity index (χ0) is 35.8. The van der Waals surface area contributed by atoms with E-state index in [2.05, 4.69) is 63.0 Å². The van der Waals surface area contributed by atoms with Crippen molar-refractivity contribution in [2.45, 2.75) is 89.5 Å². The summed E-state index contributed by atoms with van der Waals surface area (Å²) in [6.45, 7) is 16.1. The van der Waals surface area contributed by atoms with Crippen LogP contribution < -0.4 is 9.64 Å². The maximum Gasteiger partial charge on any atom is 0.249 e. The van der Waals surface area contributed by atoms with Gasteiger partial charge in [-0.15, -0.1) is 5.54 Å². The topological polar surface area (TPSA) is 94.5 Å². The largest absolute Gasteiger partial charge is 0.468 e. The molecule has 0 N–H and O–H groups in total. The number of hydrogen-bond donors (Lipinski definition) is 0. The molecule has 2 aromatic carbocycles. The molecule has 49 heavy (non-hydrogen) atoms. The van der Waals surface area contributed by atoms with Crippen molar-refractivity contribution in [2.75, 3.05) is 38.1 Å². The fourth-order valence-electron chi connectivity index (χ4n) is 7.52. The average molecular weight is 709 g/mol. The van der Waals surface area contributed by atoms with Gasteiger partial charge in [0, 0.05) is 37.4 Å². The van der Waals surface area contributed by atoms with E-state index in [-0.39, 0.29) is 29.1 Å². The number of nitrogens with zero attached hydrogens (tertiary/aromatic N) is 4. The molecular formula is C37H46F2N4O4SSi. The van der Waals surface area contributed by atoms with Crippen molar-refractivity contribution < 1.29 is 26.7 Å². The summed E-state index contributed by atoms with van der Waals surface area (Å²) < 4.78 is 69.7. The molecule has 12 heteroatoms. The number of halogens is 2. The van der Waals surface area contributed by atoms with Gasteiger partial charge in [-0.2, -0.15) is 0 Å². The number of sulfone groups is 1. The number of methoxy groups -OCH3 is 1. The van der Waals surface area contributed by atoms with Gasteiger partial charge < -0.3 is 14.4 Å². The molecule has 5 rings (SSSR count). The number of piperidine rings is 1. The summed E-state index contributed by atoms with van der Waals surface area (Å²) in [7, 11) is -4.70. The molecule has 2 aromatic heterocycles. The normalized spacial score (nSPS) is 14.3. The highest BCUT2D eigenvalue weighted by atomic mass is 32.2. The summed E-state index contributed by atoms with van der Waals surface area (Å²) in [5.74, 6) is 2.61. The van der Waals surface area contributed by atoms with Gasteiger partial charge in [0.25, 0.3) is 0 Å². The van der Waals surface area contributed by atoms with Crippen molar-refractivity contribution in [3.8, 4) is 28.5 Å². The molecule has 0 aliphatic carbocycles. The molecule has 4 aromatic rings. The maximum absolute atomic E-state index is 17.1. The smallest absolute Gasteiger partial charge is 0.249 e. The predicted octanol–water partition coefficient (Wildman–Crippen LogP) is 8.38. The zero-order valence-corrected chi connectivity index (χ0v) is 31.7. The first-order chi connectivity index (χ1) is 23.1. The summed E-state index contributed by atoms with van der Waals surface area (Å²) in [5, 5.41) is 0.843. The molecule has 0 atom stereocenters. The predicted molar refractivity (Wildman–Crippen MR) is 195 cm³/mol. The van der Waals surface area contributed by atoms with E-state index in [1.165, 1.54) is 13.2 Å². The number of aryl methyl sites for hydroxylation is 1. The third-order valence-corrected chi connectivity index (χ3v) is 17.0. The van der Waals surface area contributed by atoms with E-state index in [4.69, 9.17) is 14.5 Å². The standard InChI is InChI=1S/C37H46F2N4O4SSi/c1-22(2)49(23(3)4,24(5)6)18-15-28-30(38)14-13-26-19-27(47-21-46-8)20-29(32(26)28)34-33(39)35-31(25(7)40-34)36(43-16-11-10-12-17-43)42-37(41-35)48(9,44)45/h13-14,19-20,22-24H,10-12,16-17,21H2,1-9H3. The second-order valence-corrected chi connectivity index (χ2v) is 21.4. The fourth-order valence-corrected chi connectivity index (χ4v) is 13.2. The van der Waals surface area contributed by atoms with Crippen LogP contribution in [0.5, 0.6) is 5.75 Å². The van der Waals surface area contributed by atoms with Crippen molar-refractivity contribution in [1.29, 1.82) is 0 Å². The lowest BCUT2D eigenvalue weighted by Crippen LogP contribution is -2.43. The lowest BCUT2D eigenvalue weighted by Gasteiger charge is -2.38. The number of anilines is 1. The first-order valence-corrected chi connectivity index (χ1v) is 21.0.